The van der Waals surface area contributed by atoms with Gasteiger partial charge in [0.25, 0.3) is 0 Å². The molecular formula is C6H8BrN3O. The van der Waals surface area contributed by atoms with Crippen molar-refractivity contribution in [1.82, 2.24) is 14.8 Å². The first-order valence-corrected chi connectivity index (χ1v) is 4.04. The van der Waals surface area contributed by atoms with Gasteiger partial charge in [-0.3, -0.25) is 4.79 Å². The molecule has 0 aliphatic rings. The predicted octanol–water partition coefficient (Wildman–Crippen LogP) is 1.17. The van der Waals surface area contributed by atoms with Gasteiger partial charge in [-0.05, 0) is 15.9 Å². The standard InChI is InChI=1S/C6H8BrN3O/c1-3-4(11)5-8-6(7)9-10(5)2/h3H2,1-2H3. The summed E-state index contributed by atoms with van der Waals surface area (Å²) in [4.78, 5) is 15.0. The van der Waals surface area contributed by atoms with Crippen LogP contribution >= 0.6 is 15.9 Å². The molecule has 0 unspecified atom stereocenters. The highest BCUT2D eigenvalue weighted by Crippen LogP contribution is 2.05. The van der Waals surface area contributed by atoms with Crippen LogP contribution in [0.25, 0.3) is 0 Å². The SMILES string of the molecule is CCC(=O)c1nc(Br)nn1C. The summed E-state index contributed by atoms with van der Waals surface area (Å²) in [6.45, 7) is 1.80. The van der Waals surface area contributed by atoms with Crippen LogP contribution in [0.1, 0.15) is 24.0 Å². The molecule has 0 atom stereocenters. The Kier molecular flexibility index (Phi) is 2.38. The summed E-state index contributed by atoms with van der Waals surface area (Å²) in [5, 5.41) is 3.88. The Balaban J connectivity index is 3.03. The lowest BCUT2D eigenvalue weighted by Gasteiger charge is -1.93. The first-order valence-electron chi connectivity index (χ1n) is 3.25. The summed E-state index contributed by atoms with van der Waals surface area (Å²) in [6.07, 6.45) is 0.457. The van der Waals surface area contributed by atoms with Crippen molar-refractivity contribution in [1.29, 1.82) is 0 Å². The van der Waals surface area contributed by atoms with E-state index in [2.05, 4.69) is 26.0 Å². The Labute approximate surface area is 72.7 Å². The van der Waals surface area contributed by atoms with Gasteiger partial charge in [-0.15, -0.1) is 5.10 Å². The van der Waals surface area contributed by atoms with Crippen molar-refractivity contribution in [2.24, 2.45) is 7.05 Å². The molecular weight excluding hydrogens is 210 g/mol. The zero-order chi connectivity index (χ0) is 8.43. The summed E-state index contributed by atoms with van der Waals surface area (Å²) in [5.74, 6) is 0.407. The molecule has 0 amide bonds. The monoisotopic (exact) mass is 217 g/mol. The first-order chi connectivity index (χ1) is 5.15. The maximum atomic E-state index is 11.1. The van der Waals surface area contributed by atoms with E-state index in [0.717, 1.165) is 0 Å². The summed E-state index contributed by atoms with van der Waals surface area (Å²) in [6, 6.07) is 0. The second-order valence-corrected chi connectivity index (χ2v) is 2.81. The third kappa shape index (κ3) is 1.65. The Hall–Kier alpha value is -0.710. The molecule has 0 aliphatic carbocycles. The van der Waals surface area contributed by atoms with Crippen LogP contribution in [0, 0.1) is 0 Å². The van der Waals surface area contributed by atoms with Crippen LogP contribution < -0.4 is 0 Å². The van der Waals surface area contributed by atoms with Crippen LogP contribution in [-0.4, -0.2) is 20.5 Å². The average Bonchev–Trinajstić information content (AvgIpc) is 2.28. The van der Waals surface area contributed by atoms with E-state index >= 15 is 0 Å². The topological polar surface area (TPSA) is 47.8 Å². The highest BCUT2D eigenvalue weighted by atomic mass is 79.9. The molecule has 60 valence electrons. The van der Waals surface area contributed by atoms with E-state index in [1.807, 2.05) is 0 Å². The second-order valence-electron chi connectivity index (χ2n) is 2.10. The van der Waals surface area contributed by atoms with Crippen LogP contribution in [0.5, 0.6) is 0 Å². The number of Topliss-reactive ketones (excluding diaryl/α,β-unsaturated/α-hetero) is 1. The number of hydrogen-bond acceptors (Lipinski definition) is 3. The molecule has 0 fully saturated rings. The number of carbonyl (C=O) groups excluding carboxylic acids is 1. The van der Waals surface area contributed by atoms with Crippen LogP contribution in [0.15, 0.2) is 4.73 Å². The third-order valence-electron chi connectivity index (χ3n) is 1.31. The Bertz CT molecular complexity index is 281. The van der Waals surface area contributed by atoms with Crippen LogP contribution in [0.2, 0.25) is 0 Å². The summed E-state index contributed by atoms with van der Waals surface area (Å²) < 4.78 is 1.92. The maximum Gasteiger partial charge on any atom is 0.217 e. The molecule has 0 bridgehead atoms. The van der Waals surface area contributed by atoms with Crippen molar-refractivity contribution < 1.29 is 4.79 Å². The van der Waals surface area contributed by atoms with Gasteiger partial charge in [0, 0.05) is 13.5 Å². The number of aromatic nitrogens is 3. The number of rotatable bonds is 2. The summed E-state index contributed by atoms with van der Waals surface area (Å²) in [5.41, 5.74) is 0. The molecule has 1 aromatic heterocycles. The van der Waals surface area contributed by atoms with E-state index in [1.165, 1.54) is 4.68 Å². The van der Waals surface area contributed by atoms with Gasteiger partial charge in [0.15, 0.2) is 11.6 Å². The molecule has 0 radical (unpaired) electrons. The van der Waals surface area contributed by atoms with Crippen molar-refractivity contribution in [2.75, 3.05) is 0 Å². The van der Waals surface area contributed by atoms with Crippen LogP contribution in [0.3, 0.4) is 0 Å². The first kappa shape index (κ1) is 8.39. The highest BCUT2D eigenvalue weighted by molar-refractivity contribution is 9.10. The van der Waals surface area contributed by atoms with Gasteiger partial charge in [0.1, 0.15) is 0 Å². The number of aryl methyl sites for hydroxylation is 1. The predicted molar refractivity (Wildman–Crippen MR) is 43.3 cm³/mol. The molecule has 1 rings (SSSR count). The molecule has 4 nitrogen and oxygen atoms in total. The largest absolute Gasteiger partial charge is 0.291 e. The molecule has 1 heterocycles. The van der Waals surface area contributed by atoms with Crippen LogP contribution in [-0.2, 0) is 7.05 Å². The van der Waals surface area contributed by atoms with Gasteiger partial charge in [-0.1, -0.05) is 6.92 Å². The van der Waals surface area contributed by atoms with Crippen molar-refractivity contribution in [3.05, 3.63) is 10.6 Å². The number of hydrogen-bond donors (Lipinski definition) is 0. The van der Waals surface area contributed by atoms with Crippen molar-refractivity contribution in [2.45, 2.75) is 13.3 Å². The molecule has 0 N–H and O–H groups in total. The minimum Gasteiger partial charge on any atom is -0.291 e. The van der Waals surface area contributed by atoms with E-state index < -0.39 is 0 Å². The molecule has 11 heavy (non-hydrogen) atoms. The normalized spacial score (nSPS) is 10.1. The lowest BCUT2D eigenvalue weighted by molar-refractivity contribution is 0.0974. The molecule has 0 aliphatic heterocycles. The fourth-order valence-electron chi connectivity index (χ4n) is 0.754. The van der Waals surface area contributed by atoms with Crippen molar-refractivity contribution >= 4 is 21.7 Å². The van der Waals surface area contributed by atoms with Crippen molar-refractivity contribution in [3.63, 3.8) is 0 Å². The van der Waals surface area contributed by atoms with Gasteiger partial charge in [-0.25, -0.2) is 4.68 Å². The van der Waals surface area contributed by atoms with E-state index in [9.17, 15) is 4.79 Å². The molecule has 0 aromatic carbocycles. The smallest absolute Gasteiger partial charge is 0.217 e. The Morgan fingerprint density at radius 3 is 2.73 bits per heavy atom. The quantitative estimate of drug-likeness (QED) is 0.700. The Morgan fingerprint density at radius 1 is 1.73 bits per heavy atom. The number of carbonyl (C=O) groups is 1. The van der Waals surface area contributed by atoms with E-state index in [4.69, 9.17) is 0 Å². The van der Waals surface area contributed by atoms with Gasteiger partial charge < -0.3 is 0 Å². The second kappa shape index (κ2) is 3.13. The van der Waals surface area contributed by atoms with Gasteiger partial charge in [0.05, 0.1) is 0 Å². The third-order valence-corrected chi connectivity index (χ3v) is 1.64. The van der Waals surface area contributed by atoms with E-state index in [0.29, 0.717) is 17.0 Å². The van der Waals surface area contributed by atoms with Gasteiger partial charge in [0.2, 0.25) is 4.73 Å². The zero-order valence-corrected chi connectivity index (χ0v) is 7.92. The summed E-state index contributed by atoms with van der Waals surface area (Å²) in [7, 11) is 1.70. The van der Waals surface area contributed by atoms with Gasteiger partial charge in [-0.2, -0.15) is 4.98 Å². The molecule has 0 saturated heterocycles. The highest BCUT2D eigenvalue weighted by Gasteiger charge is 2.11. The minimum atomic E-state index is 0.00528. The van der Waals surface area contributed by atoms with Crippen molar-refractivity contribution in [3.8, 4) is 0 Å². The molecule has 0 spiro atoms. The van der Waals surface area contributed by atoms with E-state index in [1.54, 1.807) is 14.0 Å². The molecule has 0 saturated carbocycles. The minimum absolute atomic E-state index is 0.00528. The van der Waals surface area contributed by atoms with Gasteiger partial charge >= 0.3 is 0 Å². The fourth-order valence-corrected chi connectivity index (χ4v) is 1.16. The number of nitrogens with zero attached hydrogens (tertiary/aromatic N) is 3. The maximum absolute atomic E-state index is 11.1. The lowest BCUT2D eigenvalue weighted by Crippen LogP contribution is -2.06. The fraction of sp³-hybridized carbons (Fsp3) is 0.500. The lowest BCUT2D eigenvalue weighted by atomic mass is 10.3. The van der Waals surface area contributed by atoms with E-state index in [-0.39, 0.29) is 5.78 Å². The molecule has 1 aromatic rings. The summed E-state index contributed by atoms with van der Waals surface area (Å²) >= 11 is 3.09. The molecule has 5 heteroatoms. The number of ketones is 1. The average molecular weight is 218 g/mol. The Morgan fingerprint density at radius 2 is 2.36 bits per heavy atom. The van der Waals surface area contributed by atoms with Crippen LogP contribution in [0.4, 0.5) is 0 Å². The zero-order valence-electron chi connectivity index (χ0n) is 6.33. The number of halogens is 1.